The Labute approximate surface area is 104 Å². The van der Waals surface area contributed by atoms with Crippen LogP contribution in [-0.4, -0.2) is 15.2 Å². The first-order valence-electron chi connectivity index (χ1n) is 5.30. The fraction of sp³-hybridized carbons (Fsp3) is 0.250. The van der Waals surface area contributed by atoms with E-state index in [9.17, 15) is 10.2 Å². The molecule has 0 fully saturated rings. The van der Waals surface area contributed by atoms with Crippen molar-refractivity contribution in [3.8, 4) is 11.5 Å². The van der Waals surface area contributed by atoms with Crippen molar-refractivity contribution in [3.63, 3.8) is 0 Å². The first-order chi connectivity index (χ1) is 8.16. The van der Waals surface area contributed by atoms with E-state index in [0.717, 1.165) is 5.01 Å². The molecule has 0 amide bonds. The molecule has 0 spiro atoms. The number of nitrogens with zero attached hydrogens (tertiary/aromatic N) is 1. The highest BCUT2D eigenvalue weighted by Gasteiger charge is 2.11. The van der Waals surface area contributed by atoms with Crippen molar-refractivity contribution in [3.05, 3.63) is 40.3 Å². The van der Waals surface area contributed by atoms with Crippen LogP contribution >= 0.6 is 11.3 Å². The van der Waals surface area contributed by atoms with Gasteiger partial charge in [-0.2, -0.15) is 0 Å². The van der Waals surface area contributed by atoms with Crippen LogP contribution in [0.25, 0.3) is 0 Å². The molecular weight excluding hydrogens is 236 g/mol. The van der Waals surface area contributed by atoms with Gasteiger partial charge in [-0.15, -0.1) is 11.3 Å². The van der Waals surface area contributed by atoms with Gasteiger partial charge >= 0.3 is 0 Å². The maximum atomic E-state index is 9.70. The molecule has 17 heavy (non-hydrogen) atoms. The number of rotatable bonds is 4. The zero-order valence-electron chi connectivity index (χ0n) is 9.42. The van der Waals surface area contributed by atoms with E-state index in [4.69, 9.17) is 0 Å². The van der Waals surface area contributed by atoms with Crippen molar-refractivity contribution in [2.75, 3.05) is 0 Å². The van der Waals surface area contributed by atoms with Gasteiger partial charge in [-0.1, -0.05) is 0 Å². The van der Waals surface area contributed by atoms with Crippen LogP contribution in [0.1, 0.15) is 23.5 Å². The number of benzene rings is 1. The number of hydrogen-bond donors (Lipinski definition) is 3. The number of aromatic hydroxyl groups is 2. The Hall–Kier alpha value is -1.59. The molecule has 0 aliphatic rings. The van der Waals surface area contributed by atoms with E-state index in [1.807, 2.05) is 12.3 Å². The SMILES string of the molecule is CC(NCc1nccs1)c1cc(O)ccc1O. The number of phenols is 2. The second kappa shape index (κ2) is 5.16. The van der Waals surface area contributed by atoms with Crippen LogP contribution in [0, 0.1) is 0 Å². The summed E-state index contributed by atoms with van der Waals surface area (Å²) in [6, 6.07) is 4.47. The van der Waals surface area contributed by atoms with Crippen LogP contribution in [0.4, 0.5) is 0 Å². The van der Waals surface area contributed by atoms with Crippen LogP contribution in [0.5, 0.6) is 11.5 Å². The maximum Gasteiger partial charge on any atom is 0.120 e. The summed E-state index contributed by atoms with van der Waals surface area (Å²) in [4.78, 5) is 4.17. The van der Waals surface area contributed by atoms with E-state index in [-0.39, 0.29) is 17.5 Å². The van der Waals surface area contributed by atoms with E-state index in [1.165, 1.54) is 12.1 Å². The summed E-state index contributed by atoms with van der Waals surface area (Å²) in [5, 5.41) is 25.3. The molecule has 0 saturated carbocycles. The van der Waals surface area contributed by atoms with Gasteiger partial charge in [0.2, 0.25) is 0 Å². The summed E-state index contributed by atoms with van der Waals surface area (Å²) < 4.78 is 0. The number of nitrogens with one attached hydrogen (secondary N) is 1. The summed E-state index contributed by atoms with van der Waals surface area (Å²) in [6.45, 7) is 2.58. The third-order valence-electron chi connectivity index (χ3n) is 2.52. The van der Waals surface area contributed by atoms with E-state index in [2.05, 4.69) is 10.3 Å². The topological polar surface area (TPSA) is 65.4 Å². The Morgan fingerprint density at radius 2 is 2.24 bits per heavy atom. The van der Waals surface area contributed by atoms with E-state index in [0.29, 0.717) is 12.1 Å². The lowest BCUT2D eigenvalue weighted by Crippen LogP contribution is -2.18. The summed E-state index contributed by atoms with van der Waals surface area (Å²) in [6.07, 6.45) is 1.76. The van der Waals surface area contributed by atoms with Crippen LogP contribution in [0.2, 0.25) is 0 Å². The predicted octanol–water partition coefficient (Wildman–Crippen LogP) is 2.41. The molecule has 0 bridgehead atoms. The normalized spacial score (nSPS) is 12.5. The number of hydrogen-bond acceptors (Lipinski definition) is 5. The maximum absolute atomic E-state index is 9.70. The standard InChI is InChI=1S/C12H14N2O2S/c1-8(14-7-12-13-4-5-17-12)10-6-9(15)2-3-11(10)16/h2-6,8,14-16H,7H2,1H3. The molecule has 1 aromatic heterocycles. The molecule has 3 N–H and O–H groups in total. The van der Waals surface area contributed by atoms with E-state index >= 15 is 0 Å². The highest BCUT2D eigenvalue weighted by atomic mass is 32.1. The molecule has 0 aliphatic carbocycles. The van der Waals surface area contributed by atoms with Gasteiger partial charge in [-0.3, -0.25) is 0 Å². The molecule has 2 aromatic rings. The molecule has 1 unspecified atom stereocenters. The van der Waals surface area contributed by atoms with Gasteiger partial charge in [0, 0.05) is 29.7 Å². The first kappa shape index (κ1) is 11.9. The molecule has 1 atom stereocenters. The second-order valence-corrected chi connectivity index (χ2v) is 4.75. The fourth-order valence-electron chi connectivity index (χ4n) is 1.58. The Morgan fingerprint density at radius 3 is 2.94 bits per heavy atom. The third-order valence-corrected chi connectivity index (χ3v) is 3.30. The Bertz CT molecular complexity index is 485. The Morgan fingerprint density at radius 1 is 1.41 bits per heavy atom. The van der Waals surface area contributed by atoms with Gasteiger partial charge in [0.05, 0.1) is 0 Å². The van der Waals surface area contributed by atoms with Gasteiger partial charge in [0.1, 0.15) is 16.5 Å². The molecule has 0 saturated heterocycles. The molecule has 5 heteroatoms. The molecule has 1 aromatic carbocycles. The largest absolute Gasteiger partial charge is 0.508 e. The summed E-state index contributed by atoms with van der Waals surface area (Å²) in [5.41, 5.74) is 0.682. The van der Waals surface area contributed by atoms with Crippen LogP contribution in [-0.2, 0) is 6.54 Å². The van der Waals surface area contributed by atoms with Crippen molar-refractivity contribution in [1.29, 1.82) is 0 Å². The minimum atomic E-state index is -0.0500. The predicted molar refractivity (Wildman–Crippen MR) is 67.1 cm³/mol. The van der Waals surface area contributed by atoms with Crippen molar-refractivity contribution in [1.82, 2.24) is 10.3 Å². The van der Waals surface area contributed by atoms with Crippen molar-refractivity contribution in [2.24, 2.45) is 0 Å². The van der Waals surface area contributed by atoms with Gasteiger partial charge in [0.25, 0.3) is 0 Å². The van der Waals surface area contributed by atoms with E-state index < -0.39 is 0 Å². The molecular formula is C12H14N2O2S. The van der Waals surface area contributed by atoms with Crippen molar-refractivity contribution < 1.29 is 10.2 Å². The number of phenolic OH excluding ortho intramolecular Hbond substituents is 2. The second-order valence-electron chi connectivity index (χ2n) is 3.77. The van der Waals surface area contributed by atoms with Gasteiger partial charge in [-0.05, 0) is 25.1 Å². The summed E-state index contributed by atoms with van der Waals surface area (Å²) in [7, 11) is 0. The summed E-state index contributed by atoms with van der Waals surface area (Å²) >= 11 is 1.58. The minimum Gasteiger partial charge on any atom is -0.508 e. The highest BCUT2D eigenvalue weighted by molar-refractivity contribution is 7.09. The van der Waals surface area contributed by atoms with Crippen LogP contribution < -0.4 is 5.32 Å². The average Bonchev–Trinajstić information content (AvgIpc) is 2.82. The van der Waals surface area contributed by atoms with Crippen molar-refractivity contribution >= 4 is 11.3 Å². The highest BCUT2D eigenvalue weighted by Crippen LogP contribution is 2.27. The molecule has 0 radical (unpaired) electrons. The van der Waals surface area contributed by atoms with Crippen LogP contribution in [0.3, 0.4) is 0 Å². The first-order valence-corrected chi connectivity index (χ1v) is 6.18. The third kappa shape index (κ3) is 2.95. The smallest absolute Gasteiger partial charge is 0.120 e. The lowest BCUT2D eigenvalue weighted by molar-refractivity contribution is 0.440. The summed E-state index contributed by atoms with van der Waals surface area (Å²) in [5.74, 6) is 0.336. The Balaban J connectivity index is 2.04. The molecule has 0 aliphatic heterocycles. The zero-order valence-corrected chi connectivity index (χ0v) is 10.2. The number of aromatic nitrogens is 1. The quantitative estimate of drug-likeness (QED) is 0.729. The lowest BCUT2D eigenvalue weighted by Gasteiger charge is -2.15. The zero-order chi connectivity index (χ0) is 12.3. The van der Waals surface area contributed by atoms with Crippen molar-refractivity contribution in [2.45, 2.75) is 19.5 Å². The van der Waals surface area contributed by atoms with E-state index in [1.54, 1.807) is 23.6 Å². The van der Waals surface area contributed by atoms with Crippen LogP contribution in [0.15, 0.2) is 29.8 Å². The fourth-order valence-corrected chi connectivity index (χ4v) is 2.15. The van der Waals surface area contributed by atoms with Gasteiger partial charge in [-0.25, -0.2) is 4.98 Å². The molecule has 90 valence electrons. The molecule has 1 heterocycles. The monoisotopic (exact) mass is 250 g/mol. The molecule has 4 nitrogen and oxygen atoms in total. The minimum absolute atomic E-state index is 0.0500. The Kier molecular flexibility index (Phi) is 3.61. The lowest BCUT2D eigenvalue weighted by atomic mass is 10.1. The van der Waals surface area contributed by atoms with Gasteiger partial charge in [0.15, 0.2) is 0 Å². The number of thiazole rings is 1. The average molecular weight is 250 g/mol. The molecule has 2 rings (SSSR count). The van der Waals surface area contributed by atoms with Gasteiger partial charge < -0.3 is 15.5 Å².